The summed E-state index contributed by atoms with van der Waals surface area (Å²) in [6.07, 6.45) is 5.66. The van der Waals surface area contributed by atoms with Gasteiger partial charge in [0.1, 0.15) is 5.01 Å². The molecule has 0 saturated heterocycles. The van der Waals surface area contributed by atoms with Crippen molar-refractivity contribution in [2.24, 2.45) is 0 Å². The molecule has 2 rings (SSSR count). The minimum absolute atomic E-state index is 0.0146. The van der Waals surface area contributed by atoms with Gasteiger partial charge in [0.05, 0.1) is 11.4 Å². The molecule has 0 radical (unpaired) electrons. The molecule has 0 spiro atoms. The van der Waals surface area contributed by atoms with Crippen LogP contribution in [0.1, 0.15) is 17.6 Å². The molecule has 20 heavy (non-hydrogen) atoms. The van der Waals surface area contributed by atoms with Crippen LogP contribution in [-0.2, 0) is 11.2 Å². The number of carbonyl (C=O) groups is 1. The van der Waals surface area contributed by atoms with Crippen LogP contribution in [-0.4, -0.2) is 37.9 Å². The molecule has 1 atom stereocenters. The van der Waals surface area contributed by atoms with Crippen LogP contribution in [0.3, 0.4) is 0 Å². The Labute approximate surface area is 125 Å². The lowest BCUT2D eigenvalue weighted by molar-refractivity contribution is -0.119. The average molecular weight is 309 g/mol. The van der Waals surface area contributed by atoms with Gasteiger partial charge in [-0.2, -0.15) is 0 Å². The van der Waals surface area contributed by atoms with E-state index in [1.807, 2.05) is 13.8 Å². The Morgan fingerprint density at radius 1 is 1.45 bits per heavy atom. The molecule has 0 aliphatic carbocycles. The summed E-state index contributed by atoms with van der Waals surface area (Å²) in [6.45, 7) is 3.84. The Hall–Kier alpha value is -1.54. The zero-order valence-corrected chi connectivity index (χ0v) is 12.9. The van der Waals surface area contributed by atoms with Crippen LogP contribution >= 0.6 is 23.1 Å². The number of aromatic nitrogens is 4. The molecule has 0 unspecified atom stereocenters. The number of nitrogens with one attached hydrogen (secondary N) is 1. The largest absolute Gasteiger partial charge is 0.353 e. The van der Waals surface area contributed by atoms with Gasteiger partial charge in [0.15, 0.2) is 4.34 Å². The van der Waals surface area contributed by atoms with Crippen LogP contribution in [0.4, 0.5) is 0 Å². The molecule has 6 nitrogen and oxygen atoms in total. The van der Waals surface area contributed by atoms with E-state index in [2.05, 4.69) is 25.5 Å². The molecule has 1 amide bonds. The van der Waals surface area contributed by atoms with Gasteiger partial charge in [-0.15, -0.1) is 10.2 Å². The highest BCUT2D eigenvalue weighted by molar-refractivity contribution is 8.01. The summed E-state index contributed by atoms with van der Waals surface area (Å²) in [5.41, 5.74) is 0.868. The predicted molar refractivity (Wildman–Crippen MR) is 78.7 cm³/mol. The zero-order chi connectivity index (χ0) is 14.4. The van der Waals surface area contributed by atoms with Crippen LogP contribution in [0.15, 0.2) is 22.9 Å². The molecule has 2 aromatic rings. The van der Waals surface area contributed by atoms with E-state index in [-0.39, 0.29) is 11.9 Å². The molecular weight excluding hydrogens is 294 g/mol. The summed E-state index contributed by atoms with van der Waals surface area (Å²) in [5, 5.41) is 11.7. The van der Waals surface area contributed by atoms with E-state index >= 15 is 0 Å². The molecule has 8 heteroatoms. The second kappa shape index (κ2) is 7.30. The quantitative estimate of drug-likeness (QED) is 0.814. The first-order chi connectivity index (χ1) is 9.63. The molecule has 0 fully saturated rings. The van der Waals surface area contributed by atoms with Crippen molar-refractivity contribution in [1.82, 2.24) is 25.5 Å². The second-order valence-electron chi connectivity index (χ2n) is 4.25. The lowest BCUT2D eigenvalue weighted by Crippen LogP contribution is -2.35. The van der Waals surface area contributed by atoms with Gasteiger partial charge in [0, 0.05) is 31.1 Å². The maximum Gasteiger partial charge on any atom is 0.230 e. The highest BCUT2D eigenvalue weighted by Crippen LogP contribution is 2.21. The van der Waals surface area contributed by atoms with Crippen molar-refractivity contribution >= 4 is 29.0 Å². The van der Waals surface area contributed by atoms with Gasteiger partial charge < -0.3 is 5.32 Å². The van der Waals surface area contributed by atoms with Crippen molar-refractivity contribution in [3.63, 3.8) is 0 Å². The third kappa shape index (κ3) is 4.86. The van der Waals surface area contributed by atoms with E-state index in [1.54, 1.807) is 18.6 Å². The zero-order valence-electron chi connectivity index (χ0n) is 11.2. The van der Waals surface area contributed by atoms with Crippen LogP contribution in [0, 0.1) is 6.92 Å². The van der Waals surface area contributed by atoms with Crippen molar-refractivity contribution in [3.05, 3.63) is 29.3 Å². The minimum Gasteiger partial charge on any atom is -0.353 e. The number of aryl methyl sites for hydroxylation is 1. The molecule has 1 N–H and O–H groups in total. The van der Waals surface area contributed by atoms with Gasteiger partial charge in [-0.3, -0.25) is 14.8 Å². The molecule has 0 aliphatic rings. The van der Waals surface area contributed by atoms with Gasteiger partial charge in [-0.25, -0.2) is 0 Å². The Morgan fingerprint density at radius 3 is 2.95 bits per heavy atom. The van der Waals surface area contributed by atoms with Gasteiger partial charge in [-0.1, -0.05) is 23.1 Å². The summed E-state index contributed by atoms with van der Waals surface area (Å²) in [6, 6.07) is 0.0240. The molecule has 2 heterocycles. The minimum atomic E-state index is -0.0146. The first-order valence-corrected chi connectivity index (χ1v) is 7.91. The van der Waals surface area contributed by atoms with Gasteiger partial charge in [0.2, 0.25) is 5.91 Å². The lowest BCUT2D eigenvalue weighted by Gasteiger charge is -2.12. The number of carbonyl (C=O) groups excluding carboxylic acids is 1. The number of amides is 1. The maximum absolute atomic E-state index is 11.8. The lowest BCUT2D eigenvalue weighted by atomic mass is 10.2. The molecular formula is C12H15N5OS2. The number of hydrogen-bond donors (Lipinski definition) is 1. The standard InChI is InChI=1S/C12H15N5OS2/c1-8(5-10-6-13-3-4-14-10)15-11(18)7-19-12-17-16-9(2)20-12/h3-4,6,8H,5,7H2,1-2H3,(H,15,18)/t8-/m1/s1. The average Bonchev–Trinajstić information content (AvgIpc) is 2.83. The van der Waals surface area contributed by atoms with Crippen LogP contribution in [0.25, 0.3) is 0 Å². The maximum atomic E-state index is 11.8. The second-order valence-corrected chi connectivity index (χ2v) is 6.65. The number of nitrogens with zero attached hydrogens (tertiary/aromatic N) is 4. The van der Waals surface area contributed by atoms with Crippen LogP contribution < -0.4 is 5.32 Å². The first-order valence-electron chi connectivity index (χ1n) is 6.10. The fourth-order valence-corrected chi connectivity index (χ4v) is 3.21. The third-order valence-corrected chi connectivity index (χ3v) is 4.35. The molecule has 2 aromatic heterocycles. The van der Waals surface area contributed by atoms with E-state index in [0.717, 1.165) is 15.0 Å². The van der Waals surface area contributed by atoms with Gasteiger partial charge in [0.25, 0.3) is 0 Å². The monoisotopic (exact) mass is 309 g/mol. The molecule has 0 aliphatic heterocycles. The number of thioether (sulfide) groups is 1. The van der Waals surface area contributed by atoms with Crippen molar-refractivity contribution in [1.29, 1.82) is 0 Å². The highest BCUT2D eigenvalue weighted by atomic mass is 32.2. The Kier molecular flexibility index (Phi) is 5.42. The molecule has 0 aromatic carbocycles. The van der Waals surface area contributed by atoms with E-state index in [0.29, 0.717) is 12.2 Å². The third-order valence-electron chi connectivity index (χ3n) is 2.37. The molecule has 0 bridgehead atoms. The van der Waals surface area contributed by atoms with Crippen molar-refractivity contribution in [3.8, 4) is 0 Å². The Bertz CT molecular complexity index is 560. The summed E-state index contributed by atoms with van der Waals surface area (Å²) >= 11 is 2.90. The smallest absolute Gasteiger partial charge is 0.230 e. The van der Waals surface area contributed by atoms with E-state index in [4.69, 9.17) is 0 Å². The fourth-order valence-electron chi connectivity index (χ4n) is 1.58. The normalized spacial score (nSPS) is 12.1. The van der Waals surface area contributed by atoms with E-state index < -0.39 is 0 Å². The Balaban J connectivity index is 1.73. The molecule has 106 valence electrons. The fraction of sp³-hybridized carbons (Fsp3) is 0.417. The summed E-state index contributed by atoms with van der Waals surface area (Å²) in [5.74, 6) is 0.332. The first kappa shape index (κ1) is 14.9. The van der Waals surface area contributed by atoms with Crippen LogP contribution in [0.2, 0.25) is 0 Å². The van der Waals surface area contributed by atoms with Crippen molar-refractivity contribution < 1.29 is 4.79 Å². The van der Waals surface area contributed by atoms with Gasteiger partial charge >= 0.3 is 0 Å². The van der Waals surface area contributed by atoms with E-state index in [1.165, 1.54) is 23.1 Å². The van der Waals surface area contributed by atoms with E-state index in [9.17, 15) is 4.79 Å². The number of hydrogen-bond acceptors (Lipinski definition) is 7. The van der Waals surface area contributed by atoms with Crippen molar-refractivity contribution in [2.45, 2.75) is 30.6 Å². The SMILES string of the molecule is Cc1nnc(SCC(=O)N[C@H](C)Cc2cnccn2)s1. The van der Waals surface area contributed by atoms with Crippen molar-refractivity contribution in [2.75, 3.05) is 5.75 Å². The summed E-state index contributed by atoms with van der Waals surface area (Å²) in [4.78, 5) is 20.0. The highest BCUT2D eigenvalue weighted by Gasteiger charge is 2.10. The topological polar surface area (TPSA) is 80.7 Å². The summed E-state index contributed by atoms with van der Waals surface area (Å²) in [7, 11) is 0. The number of rotatable bonds is 6. The predicted octanol–water partition coefficient (Wildman–Crippen LogP) is 1.48. The summed E-state index contributed by atoms with van der Waals surface area (Å²) < 4.78 is 0.819. The molecule has 0 saturated carbocycles. The van der Waals surface area contributed by atoms with Gasteiger partial charge in [-0.05, 0) is 13.8 Å². The van der Waals surface area contributed by atoms with Crippen LogP contribution in [0.5, 0.6) is 0 Å². The Morgan fingerprint density at radius 2 is 2.30 bits per heavy atom.